The van der Waals surface area contributed by atoms with Crippen LogP contribution in [0.3, 0.4) is 0 Å². The molecule has 7 heterocycles. The van der Waals surface area contributed by atoms with Crippen molar-refractivity contribution in [2.75, 3.05) is 46.2 Å². The van der Waals surface area contributed by atoms with Crippen molar-refractivity contribution in [2.45, 2.75) is 70.5 Å². The first kappa shape index (κ1) is 71.6. The lowest BCUT2D eigenvalue weighted by molar-refractivity contribution is 0.00578. The van der Waals surface area contributed by atoms with Crippen LogP contribution in [0.2, 0.25) is 0 Å². The quantitative estimate of drug-likeness (QED) is 0.0602. The second-order valence-electron chi connectivity index (χ2n) is 22.1. The van der Waals surface area contributed by atoms with Crippen molar-refractivity contribution in [1.82, 2.24) is 29.3 Å². The SMILES string of the molecule is CC1(C)OB(C2=CCOCC2)OC1(C)C.Cn1nc(-c2ccc(F)cc2)cc1Br.Cn1nc(-c2ccc(F)cc2)cc1C1=CCOCC1.Cn1nc(-c2ccc(F)cc2)cc1C1CCOCC1.O=C(C=C(Br)Br)c1ccc(F)cc1.O=C(CO)c1ccc(F)cc1. The highest BCUT2D eigenvalue weighted by Crippen LogP contribution is 2.39. The van der Waals surface area contributed by atoms with Crippen LogP contribution in [0.4, 0.5) is 22.0 Å². The summed E-state index contributed by atoms with van der Waals surface area (Å²) in [5.74, 6) is -1.48. The summed E-state index contributed by atoms with van der Waals surface area (Å²) in [6.07, 6.45) is 9.44. The fourth-order valence-electron chi connectivity index (χ4n) is 9.39. The van der Waals surface area contributed by atoms with E-state index in [2.05, 4.69) is 109 Å². The van der Waals surface area contributed by atoms with Crippen molar-refractivity contribution in [3.05, 3.63) is 223 Å². The highest BCUT2D eigenvalue weighted by molar-refractivity contribution is 9.28. The van der Waals surface area contributed by atoms with E-state index in [9.17, 15) is 31.5 Å². The summed E-state index contributed by atoms with van der Waals surface area (Å²) in [7, 11) is 5.56. The number of carbonyl (C=O) groups is 2. The van der Waals surface area contributed by atoms with E-state index >= 15 is 0 Å². The van der Waals surface area contributed by atoms with Gasteiger partial charge in [0, 0.05) is 79.9 Å². The fourth-order valence-corrected chi connectivity index (χ4v) is 10.1. The molecule has 23 heteroatoms. The number of carbonyl (C=O) groups excluding carboxylic acids is 2. The molecule has 0 atom stereocenters. The minimum Gasteiger partial charge on any atom is -0.400 e. The number of aliphatic hydroxyl groups is 1. The largest absolute Gasteiger partial charge is 0.490 e. The number of hydrogen-bond acceptors (Lipinski definition) is 11. The Labute approximate surface area is 552 Å². The van der Waals surface area contributed by atoms with Gasteiger partial charge in [0.05, 0.1) is 63.8 Å². The zero-order valence-electron chi connectivity index (χ0n) is 51.5. The van der Waals surface area contributed by atoms with Crippen LogP contribution in [-0.4, -0.2) is 111 Å². The maximum absolute atomic E-state index is 12.9. The zero-order chi connectivity index (χ0) is 65.8. The summed E-state index contributed by atoms with van der Waals surface area (Å²) in [5, 5.41) is 21.7. The lowest BCUT2D eigenvalue weighted by Gasteiger charge is -2.32. The van der Waals surface area contributed by atoms with Gasteiger partial charge in [0.25, 0.3) is 0 Å². The molecule has 2 saturated heterocycles. The highest BCUT2D eigenvalue weighted by atomic mass is 79.9. The molecular weight excluding hydrogens is 1370 g/mol. The Kier molecular flexibility index (Phi) is 26.9. The van der Waals surface area contributed by atoms with E-state index in [0.29, 0.717) is 33.7 Å². The Morgan fingerprint density at radius 3 is 1.43 bits per heavy atom. The Bertz CT molecular complexity index is 3720. The van der Waals surface area contributed by atoms with E-state index in [1.165, 1.54) is 108 Å². The van der Waals surface area contributed by atoms with Crippen LogP contribution in [0, 0.1) is 29.1 Å². The number of aryl methyl sites for hydroxylation is 3. The second-order valence-corrected chi connectivity index (χ2v) is 25.7. The molecular formula is C68H71BBr3F5N6O8. The average Bonchev–Trinajstić information content (AvgIpc) is 1.67. The monoisotopic (exact) mass is 1440 g/mol. The number of ketones is 2. The van der Waals surface area contributed by atoms with Gasteiger partial charge in [-0.25, -0.2) is 22.0 Å². The van der Waals surface area contributed by atoms with E-state index in [1.54, 1.807) is 41.1 Å². The molecule has 0 aliphatic carbocycles. The molecule has 480 valence electrons. The lowest BCUT2D eigenvalue weighted by Crippen LogP contribution is -2.41. The molecule has 14 nitrogen and oxygen atoms in total. The average molecular weight is 1450 g/mol. The van der Waals surface area contributed by atoms with Gasteiger partial charge in [-0.3, -0.25) is 23.6 Å². The highest BCUT2D eigenvalue weighted by Gasteiger charge is 2.52. The normalized spacial score (nSPS) is 15.6. The molecule has 0 saturated carbocycles. The van der Waals surface area contributed by atoms with E-state index in [4.69, 9.17) is 28.6 Å². The van der Waals surface area contributed by atoms with Gasteiger partial charge < -0.3 is 28.6 Å². The van der Waals surface area contributed by atoms with Crippen molar-refractivity contribution in [2.24, 2.45) is 21.1 Å². The first-order valence-electron chi connectivity index (χ1n) is 29.1. The second kappa shape index (κ2) is 34.2. The summed E-state index contributed by atoms with van der Waals surface area (Å²) in [6.45, 7) is 12.3. The first-order valence-corrected chi connectivity index (χ1v) is 31.5. The van der Waals surface area contributed by atoms with Crippen LogP contribution in [0.5, 0.6) is 0 Å². The smallest absolute Gasteiger partial charge is 0.400 e. The maximum Gasteiger partial charge on any atom is 0.490 e. The number of ether oxygens (including phenoxy) is 3. The predicted octanol–water partition coefficient (Wildman–Crippen LogP) is 15.7. The number of benzene rings is 5. The number of halogens is 8. The van der Waals surface area contributed by atoms with Crippen LogP contribution in [-0.2, 0) is 44.7 Å². The minimum absolute atomic E-state index is 0.177. The standard InChI is InChI=1S/C15H17FN2O.C15H15FN2O.C11H19BO3.C10H8BrFN2.C9H5Br2FO.C8H7FO2/c2*1-18-15(12-6-8-19-9-7-12)10-14(17-18)11-2-4-13(16)5-3-11;1-10(2)11(3,4)15-12(14-10)9-5-7-13-8-6-9;1-14-10(11)6-9(13-14)7-2-4-8(12)5-3-7;10-9(11)5-8(13)6-1-3-7(12)4-2-6;9-7-3-1-6(2-4-7)8(11)5-10/h2-5,10,12H,6-9H2,1H3;2-6,10H,7-9H2,1H3;5H,6-8H2,1-4H3;2-6H,1H3;1-5H;1-4,10H,5H2. The number of allylic oxidation sites excluding steroid dienone is 1. The van der Waals surface area contributed by atoms with Gasteiger partial charge in [-0.05, 0) is 252 Å². The molecule has 1 N–H and O–H groups in total. The minimum atomic E-state index is -0.536. The van der Waals surface area contributed by atoms with E-state index < -0.39 is 12.4 Å². The van der Waals surface area contributed by atoms with Crippen LogP contribution in [0.15, 0.2) is 171 Å². The van der Waals surface area contributed by atoms with Gasteiger partial charge in [-0.2, -0.15) is 15.3 Å². The molecule has 4 aliphatic rings. The molecule has 3 aromatic heterocycles. The van der Waals surface area contributed by atoms with Gasteiger partial charge in [0.15, 0.2) is 11.6 Å². The molecule has 12 rings (SSSR count). The molecule has 0 amide bonds. The number of aliphatic hydroxyl groups excluding tert-OH is 1. The number of aromatic nitrogens is 6. The van der Waals surface area contributed by atoms with Crippen molar-refractivity contribution in [3.63, 3.8) is 0 Å². The summed E-state index contributed by atoms with van der Waals surface area (Å²) in [4.78, 5) is 22.1. The van der Waals surface area contributed by atoms with Crippen LogP contribution < -0.4 is 0 Å². The molecule has 4 aliphatic heterocycles. The molecule has 0 unspecified atom stereocenters. The van der Waals surface area contributed by atoms with E-state index in [-0.39, 0.29) is 53.2 Å². The molecule has 5 aromatic carbocycles. The topological polar surface area (TPSA) is 154 Å². The summed E-state index contributed by atoms with van der Waals surface area (Å²) < 4.78 is 98.2. The first-order chi connectivity index (χ1) is 43.4. The lowest BCUT2D eigenvalue weighted by atomic mass is 9.75. The number of nitrogens with zero attached hydrogens (tertiary/aromatic N) is 6. The number of rotatable bonds is 10. The van der Waals surface area contributed by atoms with Crippen molar-refractivity contribution in [1.29, 1.82) is 0 Å². The van der Waals surface area contributed by atoms with Crippen LogP contribution in [0.25, 0.3) is 39.3 Å². The molecule has 8 aromatic rings. The summed E-state index contributed by atoms with van der Waals surface area (Å²) in [5.41, 5.74) is 10.5. The van der Waals surface area contributed by atoms with Gasteiger partial charge in [0.2, 0.25) is 0 Å². The Morgan fingerprint density at radius 2 is 1.00 bits per heavy atom. The molecule has 91 heavy (non-hydrogen) atoms. The van der Waals surface area contributed by atoms with Crippen LogP contribution >= 0.6 is 47.8 Å². The van der Waals surface area contributed by atoms with Gasteiger partial charge in [-0.15, -0.1) is 0 Å². The Morgan fingerprint density at radius 1 is 0.571 bits per heavy atom. The third-order valence-electron chi connectivity index (χ3n) is 15.2. The third kappa shape index (κ3) is 21.4. The van der Waals surface area contributed by atoms with Gasteiger partial charge in [-0.1, -0.05) is 12.2 Å². The fraction of sp³-hybridized carbons (Fsp3) is 0.309. The van der Waals surface area contributed by atoms with E-state index in [1.807, 2.05) is 42.6 Å². The van der Waals surface area contributed by atoms with Gasteiger partial charge in [0.1, 0.15) is 40.3 Å². The zero-order valence-corrected chi connectivity index (χ0v) is 56.2. The summed E-state index contributed by atoms with van der Waals surface area (Å²) in [6, 6.07) is 35.7. The number of Topliss-reactive ketones (excluding diaryl/α,β-unsaturated/α-hetero) is 1. The number of hydrogen-bond donors (Lipinski definition) is 1. The Balaban J connectivity index is 0.000000157. The van der Waals surface area contributed by atoms with Crippen molar-refractivity contribution >= 4 is 72.0 Å². The third-order valence-corrected chi connectivity index (χ3v) is 16.4. The van der Waals surface area contributed by atoms with Gasteiger partial charge >= 0.3 is 7.12 Å². The molecule has 0 spiro atoms. The molecule has 0 bridgehead atoms. The summed E-state index contributed by atoms with van der Waals surface area (Å²) >= 11 is 9.49. The predicted molar refractivity (Wildman–Crippen MR) is 354 cm³/mol. The molecule has 2 fully saturated rings. The van der Waals surface area contributed by atoms with Crippen LogP contribution in [0.1, 0.15) is 91.4 Å². The Hall–Kier alpha value is -6.80. The molecule has 0 radical (unpaired) electrons. The maximum atomic E-state index is 12.9. The van der Waals surface area contributed by atoms with Crippen molar-refractivity contribution in [3.8, 4) is 33.8 Å². The van der Waals surface area contributed by atoms with Crippen molar-refractivity contribution < 1.29 is 60.2 Å². The van der Waals surface area contributed by atoms with E-state index in [0.717, 1.165) is 96.2 Å².